The summed E-state index contributed by atoms with van der Waals surface area (Å²) in [6.07, 6.45) is -1.46. The van der Waals surface area contributed by atoms with Crippen LogP contribution in [-0.4, -0.2) is 16.8 Å². The number of benzene rings is 2. The number of halogens is 3. The quantitative estimate of drug-likeness (QED) is 0.803. The summed E-state index contributed by atoms with van der Waals surface area (Å²) in [4.78, 5) is 26.5. The van der Waals surface area contributed by atoms with Crippen molar-refractivity contribution in [3.8, 4) is 0 Å². The van der Waals surface area contributed by atoms with Gasteiger partial charge in [-0.15, -0.1) is 0 Å². The molecule has 0 aromatic heterocycles. The maximum atomic E-state index is 13.0. The van der Waals surface area contributed by atoms with Gasteiger partial charge in [0.25, 0.3) is 5.91 Å². The number of hydrogen-bond donors (Lipinski definition) is 1. The van der Waals surface area contributed by atoms with Gasteiger partial charge in [-0.3, -0.25) is 9.69 Å². The fraction of sp³-hybridized carbons (Fsp3) is 0.333. The molecular formula is C21H19F3N2O2. The lowest BCUT2D eigenvalue weighted by Gasteiger charge is -2.23. The second-order valence-electron chi connectivity index (χ2n) is 7.48. The van der Waals surface area contributed by atoms with Crippen LogP contribution in [0.2, 0.25) is 0 Å². The largest absolute Gasteiger partial charge is 0.416 e. The molecule has 4 rings (SSSR count). The minimum Gasteiger partial charge on any atom is -0.319 e. The molecule has 28 heavy (non-hydrogen) atoms. The molecule has 2 aliphatic rings. The van der Waals surface area contributed by atoms with Gasteiger partial charge in [0, 0.05) is 0 Å². The van der Waals surface area contributed by atoms with Crippen molar-refractivity contribution in [2.45, 2.75) is 44.4 Å². The lowest BCUT2D eigenvalue weighted by atomic mass is 9.89. The van der Waals surface area contributed by atoms with Gasteiger partial charge in [0.2, 0.25) is 0 Å². The summed E-state index contributed by atoms with van der Waals surface area (Å²) in [5.41, 5.74) is 1.34. The molecule has 3 amide bonds. The summed E-state index contributed by atoms with van der Waals surface area (Å²) < 4.78 is 38.8. The van der Waals surface area contributed by atoms with Crippen LogP contribution >= 0.6 is 0 Å². The fourth-order valence-corrected chi connectivity index (χ4v) is 3.95. The van der Waals surface area contributed by atoms with Gasteiger partial charge in [0.05, 0.1) is 12.1 Å². The SMILES string of the molecule is CC1(c2ccc3c(c2)CCC3)NC(=O)N(Cc2cccc(C(F)(F)F)c2)C1=O. The Balaban J connectivity index is 1.61. The third-order valence-corrected chi connectivity index (χ3v) is 5.55. The molecular weight excluding hydrogens is 369 g/mol. The highest BCUT2D eigenvalue weighted by Crippen LogP contribution is 2.34. The van der Waals surface area contributed by atoms with Crippen LogP contribution in [0.3, 0.4) is 0 Å². The number of aryl methyl sites for hydroxylation is 2. The Bertz CT molecular complexity index is 970. The summed E-state index contributed by atoms with van der Waals surface area (Å²) in [5, 5.41) is 2.72. The van der Waals surface area contributed by atoms with Gasteiger partial charge in [-0.2, -0.15) is 13.2 Å². The fourth-order valence-electron chi connectivity index (χ4n) is 3.95. The molecule has 7 heteroatoms. The van der Waals surface area contributed by atoms with E-state index in [1.54, 1.807) is 6.92 Å². The van der Waals surface area contributed by atoms with E-state index in [2.05, 4.69) is 5.32 Å². The lowest BCUT2D eigenvalue weighted by molar-refractivity contribution is -0.137. The van der Waals surface area contributed by atoms with E-state index in [0.717, 1.165) is 36.3 Å². The summed E-state index contributed by atoms with van der Waals surface area (Å²) >= 11 is 0. The van der Waals surface area contributed by atoms with Crippen molar-refractivity contribution >= 4 is 11.9 Å². The van der Waals surface area contributed by atoms with Gasteiger partial charge in [-0.25, -0.2) is 4.79 Å². The molecule has 1 heterocycles. The number of hydrogen-bond acceptors (Lipinski definition) is 2. The van der Waals surface area contributed by atoms with E-state index in [4.69, 9.17) is 0 Å². The maximum Gasteiger partial charge on any atom is 0.416 e. The Morgan fingerprint density at radius 2 is 1.82 bits per heavy atom. The van der Waals surface area contributed by atoms with Crippen molar-refractivity contribution in [1.29, 1.82) is 0 Å². The summed E-state index contributed by atoms with van der Waals surface area (Å²) in [7, 11) is 0. The highest BCUT2D eigenvalue weighted by atomic mass is 19.4. The van der Waals surface area contributed by atoms with Crippen molar-refractivity contribution in [2.75, 3.05) is 0 Å². The molecule has 2 aromatic rings. The molecule has 1 atom stereocenters. The molecule has 4 nitrogen and oxygen atoms in total. The Labute approximate surface area is 160 Å². The number of alkyl halides is 3. The number of fused-ring (bicyclic) bond motifs is 1. The average Bonchev–Trinajstić information content (AvgIpc) is 3.20. The Morgan fingerprint density at radius 1 is 1.07 bits per heavy atom. The van der Waals surface area contributed by atoms with Gasteiger partial charge in [-0.1, -0.05) is 30.3 Å². The van der Waals surface area contributed by atoms with E-state index < -0.39 is 29.2 Å². The first kappa shape index (κ1) is 18.5. The summed E-state index contributed by atoms with van der Waals surface area (Å²) in [6, 6.07) is 9.85. The number of nitrogens with zero attached hydrogens (tertiary/aromatic N) is 1. The van der Waals surface area contributed by atoms with Crippen LogP contribution in [0, 0.1) is 0 Å². The number of nitrogens with one attached hydrogen (secondary N) is 1. The van der Waals surface area contributed by atoms with Crippen LogP contribution in [0.5, 0.6) is 0 Å². The van der Waals surface area contributed by atoms with E-state index in [-0.39, 0.29) is 12.1 Å². The zero-order valence-corrected chi connectivity index (χ0v) is 15.3. The first-order valence-corrected chi connectivity index (χ1v) is 9.11. The third-order valence-electron chi connectivity index (χ3n) is 5.55. The standard InChI is InChI=1S/C21H19F3N2O2/c1-20(16-9-8-14-5-3-6-15(14)11-16)18(27)26(19(28)25-20)12-13-4-2-7-17(10-13)21(22,23)24/h2,4,7-11H,3,5-6,12H2,1H3,(H,25,28). The normalized spacial score (nSPS) is 21.8. The highest BCUT2D eigenvalue weighted by molar-refractivity contribution is 6.07. The second-order valence-corrected chi connectivity index (χ2v) is 7.48. The van der Waals surface area contributed by atoms with E-state index in [1.807, 2.05) is 18.2 Å². The lowest BCUT2D eigenvalue weighted by Crippen LogP contribution is -2.40. The Morgan fingerprint density at radius 3 is 2.57 bits per heavy atom. The monoisotopic (exact) mass is 388 g/mol. The number of urea groups is 1. The molecule has 1 aliphatic heterocycles. The molecule has 0 spiro atoms. The third kappa shape index (κ3) is 3.04. The Kier molecular flexibility index (Phi) is 4.21. The number of carbonyl (C=O) groups excluding carboxylic acids is 2. The van der Waals surface area contributed by atoms with Crippen molar-refractivity contribution < 1.29 is 22.8 Å². The molecule has 0 saturated carbocycles. The summed E-state index contributed by atoms with van der Waals surface area (Å²) in [6.45, 7) is 1.42. The number of amides is 3. The van der Waals surface area contributed by atoms with Crippen LogP contribution in [0.4, 0.5) is 18.0 Å². The van der Waals surface area contributed by atoms with Gasteiger partial charge >= 0.3 is 12.2 Å². The number of imide groups is 1. The van der Waals surface area contributed by atoms with E-state index in [9.17, 15) is 22.8 Å². The Hall–Kier alpha value is -2.83. The second kappa shape index (κ2) is 6.36. The zero-order chi connectivity index (χ0) is 20.1. The molecule has 1 aliphatic carbocycles. The van der Waals surface area contributed by atoms with Crippen molar-refractivity contribution in [3.05, 3.63) is 70.3 Å². The van der Waals surface area contributed by atoms with Crippen LogP contribution in [0.15, 0.2) is 42.5 Å². The molecule has 0 radical (unpaired) electrons. The van der Waals surface area contributed by atoms with Crippen molar-refractivity contribution in [2.24, 2.45) is 0 Å². The highest BCUT2D eigenvalue weighted by Gasteiger charge is 2.49. The summed E-state index contributed by atoms with van der Waals surface area (Å²) in [5.74, 6) is -0.465. The first-order chi connectivity index (χ1) is 13.2. The van der Waals surface area contributed by atoms with E-state index >= 15 is 0 Å². The zero-order valence-electron chi connectivity index (χ0n) is 15.3. The maximum absolute atomic E-state index is 13.0. The van der Waals surface area contributed by atoms with Gasteiger partial charge < -0.3 is 5.32 Å². The predicted octanol–water partition coefficient (Wildman–Crippen LogP) is 4.16. The minimum absolute atomic E-state index is 0.213. The molecule has 1 saturated heterocycles. The van der Waals surface area contributed by atoms with Crippen LogP contribution < -0.4 is 5.32 Å². The van der Waals surface area contributed by atoms with Crippen LogP contribution in [-0.2, 0) is 35.9 Å². The topological polar surface area (TPSA) is 49.4 Å². The molecule has 146 valence electrons. The first-order valence-electron chi connectivity index (χ1n) is 9.11. The molecule has 2 aromatic carbocycles. The van der Waals surface area contributed by atoms with E-state index in [0.29, 0.717) is 5.56 Å². The molecule has 1 N–H and O–H groups in total. The number of rotatable bonds is 3. The van der Waals surface area contributed by atoms with Crippen molar-refractivity contribution in [1.82, 2.24) is 10.2 Å². The van der Waals surface area contributed by atoms with E-state index in [1.165, 1.54) is 23.3 Å². The molecule has 1 unspecified atom stereocenters. The van der Waals surface area contributed by atoms with Gasteiger partial charge in [-0.05, 0) is 60.6 Å². The minimum atomic E-state index is -4.48. The predicted molar refractivity (Wildman–Crippen MR) is 96.3 cm³/mol. The van der Waals surface area contributed by atoms with Crippen LogP contribution in [0.25, 0.3) is 0 Å². The van der Waals surface area contributed by atoms with Gasteiger partial charge in [0.1, 0.15) is 5.54 Å². The van der Waals surface area contributed by atoms with Crippen molar-refractivity contribution in [3.63, 3.8) is 0 Å². The molecule has 0 bridgehead atoms. The molecule has 1 fully saturated rings. The van der Waals surface area contributed by atoms with Gasteiger partial charge in [0.15, 0.2) is 0 Å². The smallest absolute Gasteiger partial charge is 0.319 e. The van der Waals surface area contributed by atoms with Crippen LogP contribution in [0.1, 0.15) is 41.2 Å². The number of carbonyl (C=O) groups is 2. The average molecular weight is 388 g/mol.